The summed E-state index contributed by atoms with van der Waals surface area (Å²) >= 11 is 0. The Balaban J connectivity index is 1.38. The van der Waals surface area contributed by atoms with Gasteiger partial charge in [-0.15, -0.1) is 0 Å². The Morgan fingerprint density at radius 1 is 1.24 bits per heavy atom. The number of ether oxygens (including phenoxy) is 2. The molecule has 1 aromatic heterocycles. The van der Waals surface area contributed by atoms with Crippen molar-refractivity contribution in [2.24, 2.45) is 0 Å². The van der Waals surface area contributed by atoms with Gasteiger partial charge in [-0.3, -0.25) is 14.7 Å². The molecule has 0 spiro atoms. The van der Waals surface area contributed by atoms with Crippen molar-refractivity contribution in [1.82, 2.24) is 14.8 Å². The summed E-state index contributed by atoms with van der Waals surface area (Å²) in [6, 6.07) is 9.60. The van der Waals surface area contributed by atoms with Gasteiger partial charge in [-0.2, -0.15) is 0 Å². The maximum Gasteiger partial charge on any atom is 0.253 e. The fourth-order valence-electron chi connectivity index (χ4n) is 3.51. The maximum atomic E-state index is 12.8. The van der Waals surface area contributed by atoms with Gasteiger partial charge in [0.25, 0.3) is 5.91 Å². The van der Waals surface area contributed by atoms with Crippen molar-refractivity contribution in [1.29, 1.82) is 0 Å². The molecule has 3 heterocycles. The van der Waals surface area contributed by atoms with Crippen LogP contribution < -0.4 is 0 Å². The second kappa shape index (κ2) is 6.71. The molecule has 2 aromatic rings. The molecular weight excluding hydrogens is 318 g/mol. The Morgan fingerprint density at radius 2 is 2.04 bits per heavy atom. The third-order valence-corrected chi connectivity index (χ3v) is 5.18. The minimum atomic E-state index is -0.155. The topological polar surface area (TPSA) is 54.9 Å². The third kappa shape index (κ3) is 3.25. The normalized spacial score (nSPS) is 20.4. The first-order valence-corrected chi connectivity index (χ1v) is 8.68. The largest absolute Gasteiger partial charge is 0.375 e. The highest BCUT2D eigenvalue weighted by molar-refractivity contribution is 5.98. The van der Waals surface area contributed by atoms with E-state index in [-0.39, 0.29) is 11.5 Å². The van der Waals surface area contributed by atoms with E-state index in [2.05, 4.69) is 9.88 Å². The second-order valence-electron chi connectivity index (χ2n) is 6.86. The number of fused-ring (bicyclic) bond motifs is 1. The van der Waals surface area contributed by atoms with Gasteiger partial charge in [0.2, 0.25) is 0 Å². The number of methoxy groups -OCH3 is 1. The summed E-state index contributed by atoms with van der Waals surface area (Å²) in [4.78, 5) is 21.4. The van der Waals surface area contributed by atoms with Gasteiger partial charge in [-0.1, -0.05) is 6.07 Å². The van der Waals surface area contributed by atoms with E-state index in [4.69, 9.17) is 9.47 Å². The number of hydrogen-bond acceptors (Lipinski definition) is 5. The smallest absolute Gasteiger partial charge is 0.253 e. The van der Waals surface area contributed by atoms with Crippen LogP contribution in [0.5, 0.6) is 0 Å². The van der Waals surface area contributed by atoms with E-state index in [0.717, 1.165) is 49.2 Å². The summed E-state index contributed by atoms with van der Waals surface area (Å²) in [5.41, 5.74) is 1.49. The molecule has 0 unspecified atom stereocenters. The molecule has 2 fully saturated rings. The monoisotopic (exact) mass is 341 g/mol. The molecule has 1 aromatic carbocycles. The SMILES string of the molecule is COC1(CN2CCN(C(=O)c3ccc4ncccc4c3)CC2)COC1. The number of rotatable bonds is 4. The van der Waals surface area contributed by atoms with Crippen LogP contribution in [0, 0.1) is 0 Å². The van der Waals surface area contributed by atoms with Crippen molar-refractivity contribution in [3.63, 3.8) is 0 Å². The van der Waals surface area contributed by atoms with Gasteiger partial charge >= 0.3 is 0 Å². The number of pyridine rings is 1. The van der Waals surface area contributed by atoms with Gasteiger partial charge in [-0.05, 0) is 24.3 Å². The van der Waals surface area contributed by atoms with Crippen LogP contribution >= 0.6 is 0 Å². The van der Waals surface area contributed by atoms with Crippen LogP contribution in [0.4, 0.5) is 0 Å². The summed E-state index contributed by atoms with van der Waals surface area (Å²) in [5, 5.41) is 0.999. The maximum absolute atomic E-state index is 12.8. The minimum absolute atomic E-state index is 0.0961. The number of amides is 1. The van der Waals surface area contributed by atoms with Gasteiger partial charge in [-0.25, -0.2) is 0 Å². The second-order valence-corrected chi connectivity index (χ2v) is 6.86. The Hall–Kier alpha value is -2.02. The Bertz CT molecular complexity index is 762. The molecule has 2 aliphatic heterocycles. The first kappa shape index (κ1) is 16.4. The molecule has 2 aliphatic rings. The summed E-state index contributed by atoms with van der Waals surface area (Å²) < 4.78 is 10.9. The molecule has 2 saturated heterocycles. The van der Waals surface area contributed by atoms with Crippen molar-refractivity contribution >= 4 is 16.8 Å². The van der Waals surface area contributed by atoms with Gasteiger partial charge in [0, 0.05) is 57.0 Å². The summed E-state index contributed by atoms with van der Waals surface area (Å²) in [6.07, 6.45) is 1.77. The molecule has 0 bridgehead atoms. The average molecular weight is 341 g/mol. The third-order valence-electron chi connectivity index (χ3n) is 5.18. The first-order chi connectivity index (χ1) is 12.2. The quantitative estimate of drug-likeness (QED) is 0.842. The average Bonchev–Trinajstić information content (AvgIpc) is 2.64. The lowest BCUT2D eigenvalue weighted by Gasteiger charge is -2.45. The van der Waals surface area contributed by atoms with Crippen LogP contribution in [-0.4, -0.2) is 79.3 Å². The molecule has 0 atom stereocenters. The van der Waals surface area contributed by atoms with Gasteiger partial charge < -0.3 is 14.4 Å². The highest BCUT2D eigenvalue weighted by atomic mass is 16.6. The highest BCUT2D eigenvalue weighted by Gasteiger charge is 2.41. The number of benzene rings is 1. The van der Waals surface area contributed by atoms with Crippen molar-refractivity contribution in [3.05, 3.63) is 42.1 Å². The predicted molar refractivity (Wildman–Crippen MR) is 94.6 cm³/mol. The fourth-order valence-corrected chi connectivity index (χ4v) is 3.51. The summed E-state index contributed by atoms with van der Waals surface area (Å²) in [5.74, 6) is 0.0961. The standard InChI is InChI=1S/C19H23N3O3/c1-24-19(13-25-14-19)12-21-7-9-22(10-8-21)18(23)16-4-5-17-15(11-16)3-2-6-20-17/h2-6,11H,7-10,12-14H2,1H3. The van der Waals surface area contributed by atoms with Crippen LogP contribution in [0.15, 0.2) is 36.5 Å². The number of hydrogen-bond donors (Lipinski definition) is 0. The number of carbonyl (C=O) groups excluding carboxylic acids is 1. The Labute approximate surface area is 147 Å². The molecule has 0 aliphatic carbocycles. The van der Waals surface area contributed by atoms with Crippen LogP contribution in [0.25, 0.3) is 10.9 Å². The van der Waals surface area contributed by atoms with Crippen molar-refractivity contribution in [2.45, 2.75) is 5.60 Å². The molecule has 6 nitrogen and oxygen atoms in total. The van der Waals surface area contributed by atoms with Crippen LogP contribution in [0.3, 0.4) is 0 Å². The lowest BCUT2D eigenvalue weighted by atomic mass is 10.0. The molecule has 0 radical (unpaired) electrons. The Morgan fingerprint density at radius 3 is 2.72 bits per heavy atom. The van der Waals surface area contributed by atoms with E-state index in [1.165, 1.54) is 0 Å². The minimum Gasteiger partial charge on any atom is -0.375 e. The molecule has 4 rings (SSSR count). The van der Waals surface area contributed by atoms with Crippen molar-refractivity contribution < 1.29 is 14.3 Å². The first-order valence-electron chi connectivity index (χ1n) is 8.68. The fraction of sp³-hybridized carbons (Fsp3) is 0.474. The van der Waals surface area contributed by atoms with E-state index >= 15 is 0 Å². The van der Waals surface area contributed by atoms with Crippen LogP contribution in [0.2, 0.25) is 0 Å². The van der Waals surface area contributed by atoms with Crippen LogP contribution in [0.1, 0.15) is 10.4 Å². The van der Waals surface area contributed by atoms with E-state index in [1.54, 1.807) is 13.3 Å². The van der Waals surface area contributed by atoms with Crippen molar-refractivity contribution in [3.8, 4) is 0 Å². The van der Waals surface area contributed by atoms with E-state index in [9.17, 15) is 4.79 Å². The van der Waals surface area contributed by atoms with Gasteiger partial charge in [0.1, 0.15) is 5.60 Å². The molecular formula is C19H23N3O3. The number of piperazine rings is 1. The lowest BCUT2D eigenvalue weighted by molar-refractivity contribution is -0.205. The molecule has 132 valence electrons. The molecule has 6 heteroatoms. The number of nitrogens with zero attached hydrogens (tertiary/aromatic N) is 3. The zero-order valence-corrected chi connectivity index (χ0v) is 14.5. The molecule has 0 N–H and O–H groups in total. The summed E-state index contributed by atoms with van der Waals surface area (Å²) in [7, 11) is 1.75. The lowest BCUT2D eigenvalue weighted by Crippen LogP contribution is -2.61. The zero-order valence-electron chi connectivity index (χ0n) is 14.5. The Kier molecular flexibility index (Phi) is 4.41. The van der Waals surface area contributed by atoms with Crippen molar-refractivity contribution in [2.75, 3.05) is 53.0 Å². The van der Waals surface area contributed by atoms with Gasteiger partial charge in [0.15, 0.2) is 0 Å². The molecule has 25 heavy (non-hydrogen) atoms. The number of aromatic nitrogens is 1. The van der Waals surface area contributed by atoms with Gasteiger partial charge in [0.05, 0.1) is 18.7 Å². The highest BCUT2D eigenvalue weighted by Crippen LogP contribution is 2.23. The van der Waals surface area contributed by atoms with E-state index < -0.39 is 0 Å². The van der Waals surface area contributed by atoms with E-state index in [0.29, 0.717) is 13.2 Å². The number of carbonyl (C=O) groups is 1. The summed E-state index contributed by atoms with van der Waals surface area (Å²) in [6.45, 7) is 5.40. The molecule has 1 amide bonds. The van der Waals surface area contributed by atoms with Crippen LogP contribution in [-0.2, 0) is 9.47 Å². The molecule has 0 saturated carbocycles. The predicted octanol–water partition coefficient (Wildman–Crippen LogP) is 1.41. The zero-order chi connectivity index (χ0) is 17.3. The van der Waals surface area contributed by atoms with E-state index in [1.807, 2.05) is 35.2 Å².